The zero-order chi connectivity index (χ0) is 13.8. The molecule has 1 aromatic carbocycles. The van der Waals surface area contributed by atoms with Gasteiger partial charge in [-0.15, -0.1) is 0 Å². The Labute approximate surface area is 113 Å². The monoisotopic (exact) mass is 264 g/mol. The minimum Gasteiger partial charge on any atom is -0.496 e. The van der Waals surface area contributed by atoms with Gasteiger partial charge in [0.25, 0.3) is 5.69 Å². The molecule has 1 unspecified atom stereocenters. The maximum Gasteiger partial charge on any atom is 0.270 e. The maximum atomic E-state index is 10.8. The number of ether oxygens (including phenoxy) is 1. The van der Waals surface area contributed by atoms with E-state index in [-0.39, 0.29) is 10.6 Å². The molecular weight excluding hydrogens is 244 g/mol. The Balaban J connectivity index is 1.99. The molecule has 1 aromatic rings. The highest BCUT2D eigenvalue weighted by Crippen LogP contribution is 2.33. The van der Waals surface area contributed by atoms with E-state index in [0.717, 1.165) is 11.5 Å². The molecule has 1 N–H and O–H groups in total. The van der Waals surface area contributed by atoms with E-state index >= 15 is 0 Å². The van der Waals surface area contributed by atoms with Gasteiger partial charge in [-0.05, 0) is 25.3 Å². The molecule has 0 heterocycles. The third-order valence-electron chi connectivity index (χ3n) is 3.50. The second-order valence-corrected chi connectivity index (χ2v) is 5.21. The molecule has 2 rings (SSSR count). The summed E-state index contributed by atoms with van der Waals surface area (Å²) in [6, 6.07) is 5.13. The van der Waals surface area contributed by atoms with Gasteiger partial charge in [-0.25, -0.2) is 0 Å². The number of nitrogens with one attached hydrogen (secondary N) is 1. The number of methoxy groups -OCH3 is 1. The summed E-state index contributed by atoms with van der Waals surface area (Å²) in [6.07, 6.45) is 3.86. The summed E-state index contributed by atoms with van der Waals surface area (Å²) >= 11 is 0. The maximum absolute atomic E-state index is 10.8. The Morgan fingerprint density at radius 2 is 2.26 bits per heavy atom. The van der Waals surface area contributed by atoms with Crippen LogP contribution in [0.4, 0.5) is 5.69 Å². The second kappa shape index (κ2) is 6.02. The SMILES string of the molecule is COc1ccc([N+](=O)[O-])cc1CNC(C)CC1CC1. The first kappa shape index (κ1) is 13.8. The van der Waals surface area contributed by atoms with Gasteiger partial charge in [0, 0.05) is 30.3 Å². The Kier molecular flexibility index (Phi) is 4.37. The van der Waals surface area contributed by atoms with Crippen LogP contribution in [0.3, 0.4) is 0 Å². The highest BCUT2D eigenvalue weighted by atomic mass is 16.6. The van der Waals surface area contributed by atoms with Crippen molar-refractivity contribution in [1.82, 2.24) is 5.32 Å². The lowest BCUT2D eigenvalue weighted by Crippen LogP contribution is -2.26. The van der Waals surface area contributed by atoms with Crippen molar-refractivity contribution in [2.24, 2.45) is 5.92 Å². The molecule has 0 saturated heterocycles. The van der Waals surface area contributed by atoms with Crippen LogP contribution in [-0.4, -0.2) is 18.1 Å². The van der Waals surface area contributed by atoms with Crippen molar-refractivity contribution in [3.8, 4) is 5.75 Å². The van der Waals surface area contributed by atoms with Gasteiger partial charge in [-0.3, -0.25) is 10.1 Å². The molecule has 104 valence electrons. The number of hydrogen-bond donors (Lipinski definition) is 1. The van der Waals surface area contributed by atoms with Crippen molar-refractivity contribution in [1.29, 1.82) is 0 Å². The van der Waals surface area contributed by atoms with Crippen molar-refractivity contribution in [2.45, 2.75) is 38.8 Å². The lowest BCUT2D eigenvalue weighted by Gasteiger charge is -2.15. The molecule has 0 bridgehead atoms. The van der Waals surface area contributed by atoms with E-state index in [4.69, 9.17) is 4.74 Å². The van der Waals surface area contributed by atoms with E-state index in [2.05, 4.69) is 12.2 Å². The third kappa shape index (κ3) is 3.92. The fraction of sp³-hybridized carbons (Fsp3) is 0.571. The van der Waals surface area contributed by atoms with Crippen molar-refractivity contribution in [2.75, 3.05) is 7.11 Å². The molecule has 1 aliphatic carbocycles. The summed E-state index contributed by atoms with van der Waals surface area (Å²) in [4.78, 5) is 10.4. The highest BCUT2D eigenvalue weighted by Gasteiger charge is 2.23. The van der Waals surface area contributed by atoms with Crippen LogP contribution in [0, 0.1) is 16.0 Å². The zero-order valence-electron chi connectivity index (χ0n) is 11.4. The summed E-state index contributed by atoms with van der Waals surface area (Å²) in [6.45, 7) is 2.75. The van der Waals surface area contributed by atoms with Crippen LogP contribution in [0.5, 0.6) is 5.75 Å². The lowest BCUT2D eigenvalue weighted by atomic mass is 10.1. The van der Waals surface area contributed by atoms with Gasteiger partial charge >= 0.3 is 0 Å². The molecule has 1 aliphatic rings. The molecule has 1 saturated carbocycles. The standard InChI is InChI=1S/C14H20N2O3/c1-10(7-11-3-4-11)15-9-12-8-13(16(17)18)5-6-14(12)19-2/h5-6,8,10-11,15H,3-4,7,9H2,1-2H3. The molecule has 0 radical (unpaired) electrons. The highest BCUT2D eigenvalue weighted by molar-refractivity contribution is 5.43. The fourth-order valence-corrected chi connectivity index (χ4v) is 2.24. The molecule has 19 heavy (non-hydrogen) atoms. The molecule has 0 amide bonds. The van der Waals surface area contributed by atoms with Gasteiger partial charge in [0.2, 0.25) is 0 Å². The van der Waals surface area contributed by atoms with Crippen LogP contribution in [0.1, 0.15) is 31.7 Å². The summed E-state index contributed by atoms with van der Waals surface area (Å²) in [5, 5.41) is 14.2. The summed E-state index contributed by atoms with van der Waals surface area (Å²) in [7, 11) is 1.58. The van der Waals surface area contributed by atoms with E-state index in [1.165, 1.54) is 25.3 Å². The van der Waals surface area contributed by atoms with Crippen LogP contribution in [0.25, 0.3) is 0 Å². The predicted octanol–water partition coefficient (Wildman–Crippen LogP) is 2.88. The number of rotatable bonds is 7. The Hall–Kier alpha value is -1.62. The average Bonchev–Trinajstić information content (AvgIpc) is 3.19. The minimum atomic E-state index is -0.378. The molecule has 0 spiro atoms. The first-order chi connectivity index (χ1) is 9.10. The normalized spacial score (nSPS) is 16.1. The first-order valence-electron chi connectivity index (χ1n) is 6.65. The predicted molar refractivity (Wildman–Crippen MR) is 73.3 cm³/mol. The van der Waals surface area contributed by atoms with Gasteiger partial charge in [0.05, 0.1) is 12.0 Å². The van der Waals surface area contributed by atoms with E-state index in [1.807, 2.05) is 0 Å². The van der Waals surface area contributed by atoms with Gasteiger partial charge in [-0.2, -0.15) is 0 Å². The molecule has 5 nitrogen and oxygen atoms in total. The van der Waals surface area contributed by atoms with Crippen LogP contribution in [0.15, 0.2) is 18.2 Å². The first-order valence-corrected chi connectivity index (χ1v) is 6.65. The summed E-state index contributed by atoms with van der Waals surface area (Å²) < 4.78 is 5.24. The Morgan fingerprint density at radius 3 is 2.84 bits per heavy atom. The lowest BCUT2D eigenvalue weighted by molar-refractivity contribution is -0.384. The quantitative estimate of drug-likeness (QED) is 0.607. The summed E-state index contributed by atoms with van der Waals surface area (Å²) in [5.74, 6) is 1.56. The third-order valence-corrected chi connectivity index (χ3v) is 3.50. The number of nitro benzene ring substituents is 1. The Bertz CT molecular complexity index is 458. The largest absolute Gasteiger partial charge is 0.496 e. The van der Waals surface area contributed by atoms with Crippen molar-refractivity contribution in [3.63, 3.8) is 0 Å². The number of hydrogen-bond acceptors (Lipinski definition) is 4. The fourth-order valence-electron chi connectivity index (χ4n) is 2.24. The molecule has 0 aromatic heterocycles. The molecule has 1 atom stereocenters. The average molecular weight is 264 g/mol. The van der Waals surface area contributed by atoms with Crippen LogP contribution in [0.2, 0.25) is 0 Å². The van der Waals surface area contributed by atoms with Crippen LogP contribution >= 0.6 is 0 Å². The topological polar surface area (TPSA) is 64.4 Å². The molecule has 5 heteroatoms. The Morgan fingerprint density at radius 1 is 1.53 bits per heavy atom. The van der Waals surface area contributed by atoms with E-state index < -0.39 is 0 Å². The zero-order valence-corrected chi connectivity index (χ0v) is 11.4. The van der Waals surface area contributed by atoms with Gasteiger partial charge in [0.1, 0.15) is 5.75 Å². The minimum absolute atomic E-state index is 0.104. The molecule has 0 aliphatic heterocycles. The number of non-ortho nitro benzene ring substituents is 1. The number of nitro groups is 1. The van der Waals surface area contributed by atoms with Gasteiger partial charge < -0.3 is 10.1 Å². The number of nitrogens with zero attached hydrogens (tertiary/aromatic N) is 1. The van der Waals surface area contributed by atoms with E-state index in [1.54, 1.807) is 19.2 Å². The second-order valence-electron chi connectivity index (χ2n) is 5.21. The van der Waals surface area contributed by atoms with E-state index in [0.29, 0.717) is 18.3 Å². The van der Waals surface area contributed by atoms with E-state index in [9.17, 15) is 10.1 Å². The van der Waals surface area contributed by atoms with Crippen LogP contribution in [-0.2, 0) is 6.54 Å². The number of benzene rings is 1. The molecular formula is C14H20N2O3. The smallest absolute Gasteiger partial charge is 0.270 e. The van der Waals surface area contributed by atoms with Crippen molar-refractivity contribution >= 4 is 5.69 Å². The van der Waals surface area contributed by atoms with Crippen molar-refractivity contribution < 1.29 is 9.66 Å². The van der Waals surface area contributed by atoms with Gasteiger partial charge in [-0.1, -0.05) is 12.8 Å². The summed E-state index contributed by atoms with van der Waals surface area (Å²) in [5.41, 5.74) is 0.937. The van der Waals surface area contributed by atoms with Crippen LogP contribution < -0.4 is 10.1 Å². The molecule has 1 fully saturated rings. The van der Waals surface area contributed by atoms with Gasteiger partial charge in [0.15, 0.2) is 0 Å². The van der Waals surface area contributed by atoms with Crippen molar-refractivity contribution in [3.05, 3.63) is 33.9 Å².